The number of urea groups is 1. The molecule has 32 heavy (non-hydrogen) atoms. The van der Waals surface area contributed by atoms with Gasteiger partial charge in [-0.2, -0.15) is 0 Å². The third-order valence-corrected chi connectivity index (χ3v) is 7.69. The molecule has 3 rings (SSSR count). The molecule has 172 valence electrons. The summed E-state index contributed by atoms with van der Waals surface area (Å²) in [4.78, 5) is 28.2. The first-order chi connectivity index (χ1) is 14.9. The zero-order chi connectivity index (χ0) is 23.7. The van der Waals surface area contributed by atoms with Crippen molar-refractivity contribution in [1.82, 2.24) is 9.88 Å². The summed E-state index contributed by atoms with van der Waals surface area (Å²) in [5.41, 5.74) is 5.13. The number of carbonyl (C=O) groups excluding carboxylic acids is 1. The number of nitrogens with zero attached hydrogens (tertiary/aromatic N) is 2. The van der Waals surface area contributed by atoms with Crippen molar-refractivity contribution in [3.63, 3.8) is 0 Å². The fraction of sp³-hybridized carbons (Fsp3) is 0.381. The fourth-order valence-corrected chi connectivity index (χ4v) is 5.80. The minimum Gasteiger partial charge on any atom is -0.489 e. The molecule has 2 atom stereocenters. The van der Waals surface area contributed by atoms with Crippen LogP contribution in [0.4, 0.5) is 4.79 Å². The number of aromatic nitrogens is 1. The van der Waals surface area contributed by atoms with Crippen molar-refractivity contribution < 1.29 is 33.0 Å². The Morgan fingerprint density at radius 2 is 1.81 bits per heavy atom. The molecule has 0 aliphatic carbocycles. The molecule has 2 unspecified atom stereocenters. The van der Waals surface area contributed by atoms with Gasteiger partial charge in [0.05, 0.1) is 11.4 Å². The van der Waals surface area contributed by atoms with Crippen molar-refractivity contribution in [3.8, 4) is 5.75 Å². The van der Waals surface area contributed by atoms with Crippen molar-refractivity contribution in [1.29, 1.82) is 0 Å². The number of β-amino-alcohol motifs (C(OH)–C–C–N with tert-alkyl or cyclic N) is 1. The summed E-state index contributed by atoms with van der Waals surface area (Å²) in [6.45, 7) is 3.22. The molecular formula is C21H25N3O7S. The molecule has 1 fully saturated rings. The topological polar surface area (TPSA) is 160 Å². The maximum absolute atomic E-state index is 13.1. The highest BCUT2D eigenvalue weighted by atomic mass is 32.2. The standard InChI is InChI=1S/C21H25N3O7S/c1-13-9-15(10-14(2)23-13)11-31-16-3-5-17(6-4-16)32(29,30)18-7-8-24(20(22)27)12-21(18,28)19(25)26/h3-6,9-10,18,28H,7-8,11-12H2,1-2H3,(H2,22,27)(H,25,26). The smallest absolute Gasteiger partial charge is 0.338 e. The number of primary amides is 1. The number of nitrogens with two attached hydrogens (primary N) is 1. The number of carbonyl (C=O) groups is 2. The van der Waals surface area contributed by atoms with E-state index in [0.717, 1.165) is 21.9 Å². The highest BCUT2D eigenvalue weighted by molar-refractivity contribution is 7.92. The normalized spacial score (nSPS) is 21.2. The first-order valence-electron chi connectivity index (χ1n) is 9.84. The van der Waals surface area contributed by atoms with Gasteiger partial charge in [-0.15, -0.1) is 0 Å². The van der Waals surface area contributed by atoms with E-state index in [1.54, 1.807) is 0 Å². The van der Waals surface area contributed by atoms with Crippen LogP contribution in [0.3, 0.4) is 0 Å². The Hall–Kier alpha value is -3.18. The lowest BCUT2D eigenvalue weighted by Crippen LogP contribution is -2.65. The summed E-state index contributed by atoms with van der Waals surface area (Å²) in [5, 5.41) is 18.6. The largest absolute Gasteiger partial charge is 0.489 e. The molecule has 1 aliphatic heterocycles. The van der Waals surface area contributed by atoms with Crippen LogP contribution in [0.5, 0.6) is 5.75 Å². The third kappa shape index (κ3) is 4.68. The number of aliphatic carboxylic acids is 1. The summed E-state index contributed by atoms with van der Waals surface area (Å²) < 4.78 is 32.0. The predicted molar refractivity (Wildman–Crippen MR) is 114 cm³/mol. The Labute approximate surface area is 185 Å². The minimum atomic E-state index is -4.23. The second-order valence-electron chi connectivity index (χ2n) is 7.83. The van der Waals surface area contributed by atoms with Gasteiger partial charge in [0.25, 0.3) is 0 Å². The van der Waals surface area contributed by atoms with E-state index in [1.165, 1.54) is 24.3 Å². The summed E-state index contributed by atoms with van der Waals surface area (Å²) >= 11 is 0. The van der Waals surface area contributed by atoms with Crippen LogP contribution in [0, 0.1) is 13.8 Å². The number of aryl methyl sites for hydroxylation is 2. The van der Waals surface area contributed by atoms with Gasteiger partial charge >= 0.3 is 12.0 Å². The molecule has 2 aromatic rings. The van der Waals surface area contributed by atoms with E-state index >= 15 is 0 Å². The molecule has 10 nitrogen and oxygen atoms in total. The minimum absolute atomic E-state index is 0.0826. The van der Waals surface area contributed by atoms with Crippen LogP contribution in [-0.2, 0) is 21.2 Å². The molecular weight excluding hydrogens is 438 g/mol. The van der Waals surface area contributed by atoms with Crippen LogP contribution in [-0.4, -0.2) is 64.5 Å². The number of benzene rings is 1. The maximum Gasteiger partial charge on any atom is 0.338 e. The van der Waals surface area contributed by atoms with Crippen molar-refractivity contribution >= 4 is 21.8 Å². The number of hydrogen-bond acceptors (Lipinski definition) is 7. The first kappa shape index (κ1) is 23.5. The molecule has 2 heterocycles. The summed E-state index contributed by atoms with van der Waals surface area (Å²) in [6.07, 6.45) is -0.271. The van der Waals surface area contributed by atoms with Gasteiger partial charge in [-0.3, -0.25) is 4.98 Å². The number of ether oxygens (including phenoxy) is 1. The zero-order valence-corrected chi connectivity index (χ0v) is 18.5. The SMILES string of the molecule is Cc1cc(COc2ccc(S(=O)(=O)C3CCN(C(N)=O)CC3(O)C(=O)O)cc2)cc(C)n1. The van der Waals surface area contributed by atoms with Crippen LogP contribution in [0.2, 0.25) is 0 Å². The van der Waals surface area contributed by atoms with E-state index < -0.39 is 39.2 Å². The molecule has 2 amide bonds. The number of hydrogen-bond donors (Lipinski definition) is 3. The zero-order valence-electron chi connectivity index (χ0n) is 17.7. The highest BCUT2D eigenvalue weighted by Crippen LogP contribution is 2.33. The Morgan fingerprint density at radius 3 is 2.34 bits per heavy atom. The van der Waals surface area contributed by atoms with E-state index in [-0.39, 0.29) is 24.5 Å². The molecule has 0 saturated carbocycles. The number of likely N-dealkylation sites (tertiary alicyclic amines) is 1. The predicted octanol–water partition coefficient (Wildman–Crippen LogP) is 1.02. The number of carboxylic acid groups (broad SMARTS) is 1. The lowest BCUT2D eigenvalue weighted by molar-refractivity contribution is -0.162. The molecule has 4 N–H and O–H groups in total. The van der Waals surface area contributed by atoms with Gasteiger partial charge in [0.1, 0.15) is 17.6 Å². The number of pyridine rings is 1. The summed E-state index contributed by atoms with van der Waals surface area (Å²) in [6, 6.07) is 8.38. The second kappa shape index (κ2) is 8.75. The summed E-state index contributed by atoms with van der Waals surface area (Å²) in [5.74, 6) is -1.31. The Morgan fingerprint density at radius 1 is 1.22 bits per heavy atom. The fourth-order valence-electron chi connectivity index (χ4n) is 3.85. The lowest BCUT2D eigenvalue weighted by atomic mass is 9.92. The van der Waals surface area contributed by atoms with Crippen molar-refractivity contribution in [3.05, 3.63) is 53.3 Å². The van der Waals surface area contributed by atoms with E-state index in [4.69, 9.17) is 10.5 Å². The number of amides is 2. The van der Waals surface area contributed by atoms with Crippen LogP contribution in [0.15, 0.2) is 41.3 Å². The van der Waals surface area contributed by atoms with Gasteiger partial charge in [-0.25, -0.2) is 18.0 Å². The summed E-state index contributed by atoms with van der Waals surface area (Å²) in [7, 11) is -4.23. The monoisotopic (exact) mass is 463 g/mol. The van der Waals surface area contributed by atoms with Crippen molar-refractivity contribution in [2.45, 2.75) is 42.6 Å². The molecule has 1 aromatic carbocycles. The number of carboxylic acids is 1. The van der Waals surface area contributed by atoms with E-state index in [9.17, 15) is 28.2 Å². The number of rotatable bonds is 6. The number of piperidine rings is 1. The van der Waals surface area contributed by atoms with E-state index in [2.05, 4.69) is 4.98 Å². The van der Waals surface area contributed by atoms with Crippen molar-refractivity contribution in [2.24, 2.45) is 5.73 Å². The Bertz CT molecular complexity index is 1110. The molecule has 1 aliphatic rings. The van der Waals surface area contributed by atoms with Crippen molar-refractivity contribution in [2.75, 3.05) is 13.1 Å². The first-order valence-corrected chi connectivity index (χ1v) is 11.4. The molecule has 1 aromatic heterocycles. The number of aliphatic hydroxyl groups is 1. The van der Waals surface area contributed by atoms with Crippen LogP contribution < -0.4 is 10.5 Å². The van der Waals surface area contributed by atoms with Gasteiger partial charge in [-0.05, 0) is 62.2 Å². The third-order valence-electron chi connectivity index (χ3n) is 5.38. The van der Waals surface area contributed by atoms with Gasteiger partial charge in [0.15, 0.2) is 15.4 Å². The molecule has 0 radical (unpaired) electrons. The Balaban J connectivity index is 1.79. The van der Waals surface area contributed by atoms with Gasteiger partial charge in [0, 0.05) is 17.9 Å². The van der Waals surface area contributed by atoms with Gasteiger partial charge in [-0.1, -0.05) is 0 Å². The Kier molecular flexibility index (Phi) is 6.42. The second-order valence-corrected chi connectivity index (χ2v) is 9.96. The van der Waals surface area contributed by atoms with E-state index in [0.29, 0.717) is 5.75 Å². The van der Waals surface area contributed by atoms with Crippen LogP contribution >= 0.6 is 0 Å². The quantitative estimate of drug-likeness (QED) is 0.572. The lowest BCUT2D eigenvalue weighted by Gasteiger charge is -2.40. The molecule has 0 spiro atoms. The highest BCUT2D eigenvalue weighted by Gasteiger charge is 2.55. The van der Waals surface area contributed by atoms with Crippen LogP contribution in [0.25, 0.3) is 0 Å². The average Bonchev–Trinajstić information content (AvgIpc) is 2.71. The van der Waals surface area contributed by atoms with Crippen LogP contribution in [0.1, 0.15) is 23.4 Å². The molecule has 1 saturated heterocycles. The van der Waals surface area contributed by atoms with Gasteiger partial charge in [0.2, 0.25) is 0 Å². The van der Waals surface area contributed by atoms with E-state index in [1.807, 2.05) is 26.0 Å². The molecule has 11 heteroatoms. The van der Waals surface area contributed by atoms with Gasteiger partial charge < -0.3 is 25.6 Å². The maximum atomic E-state index is 13.1. The molecule has 0 bridgehead atoms. The average molecular weight is 464 g/mol. The number of sulfone groups is 1.